The van der Waals surface area contributed by atoms with Gasteiger partial charge in [-0.05, 0) is 36.8 Å². The lowest BCUT2D eigenvalue weighted by Crippen LogP contribution is -2.29. The van der Waals surface area contributed by atoms with Gasteiger partial charge in [0.05, 0.1) is 10.8 Å². The van der Waals surface area contributed by atoms with Gasteiger partial charge in [0.1, 0.15) is 5.25 Å². The Morgan fingerprint density at radius 1 is 1.14 bits per heavy atom. The molecule has 0 aliphatic heterocycles. The minimum atomic E-state index is -1.37. The molecule has 2 unspecified atom stereocenters. The third-order valence-corrected chi connectivity index (χ3v) is 4.72. The lowest BCUT2D eigenvalue weighted by molar-refractivity contribution is -0.115. The highest BCUT2D eigenvalue weighted by molar-refractivity contribution is 7.86. The van der Waals surface area contributed by atoms with Crippen LogP contribution in [0.3, 0.4) is 0 Å². The van der Waals surface area contributed by atoms with Crippen molar-refractivity contribution >= 4 is 22.4 Å². The molecule has 0 bridgehead atoms. The number of benzene rings is 2. The molecule has 0 heterocycles. The van der Waals surface area contributed by atoms with E-state index in [4.69, 9.17) is 5.73 Å². The summed E-state index contributed by atoms with van der Waals surface area (Å²) in [6.07, 6.45) is 0. The summed E-state index contributed by atoms with van der Waals surface area (Å²) in [4.78, 5) is 12.8. The number of nitrogens with one attached hydrogen (secondary N) is 1. The highest BCUT2D eigenvalue weighted by Gasteiger charge is 2.21. The first-order valence-electron chi connectivity index (χ1n) is 6.67. The standard InChI is InChI=1S/C16H18N2O2S/c1-12(21(20)15-5-3-2-4-6-15)16(19)18-14-9-7-13(11-17)8-10-14/h2-10,12H,11,17H2,1H3,(H,18,19). The number of amides is 1. The maximum absolute atomic E-state index is 12.3. The molecule has 0 radical (unpaired) electrons. The van der Waals surface area contributed by atoms with Gasteiger partial charge in [0.15, 0.2) is 0 Å². The smallest absolute Gasteiger partial charge is 0.240 e. The number of rotatable bonds is 5. The highest BCUT2D eigenvalue weighted by atomic mass is 32.2. The molecule has 0 fully saturated rings. The van der Waals surface area contributed by atoms with Crippen molar-refractivity contribution in [2.45, 2.75) is 23.6 Å². The number of anilines is 1. The first-order valence-corrected chi connectivity index (χ1v) is 7.88. The van der Waals surface area contributed by atoms with Gasteiger partial charge >= 0.3 is 0 Å². The Labute approximate surface area is 126 Å². The molecule has 2 rings (SSSR count). The second kappa shape index (κ2) is 7.15. The first kappa shape index (κ1) is 15.4. The number of carbonyl (C=O) groups excluding carboxylic acids is 1. The van der Waals surface area contributed by atoms with Crippen LogP contribution < -0.4 is 11.1 Å². The molecule has 0 spiro atoms. The molecule has 0 aliphatic carbocycles. The summed E-state index contributed by atoms with van der Waals surface area (Å²) in [7, 11) is -1.37. The summed E-state index contributed by atoms with van der Waals surface area (Å²) >= 11 is 0. The van der Waals surface area contributed by atoms with Crippen LogP contribution in [-0.2, 0) is 22.1 Å². The van der Waals surface area contributed by atoms with Crippen molar-refractivity contribution in [3.63, 3.8) is 0 Å². The summed E-state index contributed by atoms with van der Waals surface area (Å²) in [5, 5.41) is 2.15. The van der Waals surface area contributed by atoms with Crippen LogP contribution in [0.15, 0.2) is 59.5 Å². The van der Waals surface area contributed by atoms with Crippen molar-refractivity contribution in [2.75, 3.05) is 5.32 Å². The van der Waals surface area contributed by atoms with Gasteiger partial charge in [-0.1, -0.05) is 30.3 Å². The van der Waals surface area contributed by atoms with Crippen molar-refractivity contribution < 1.29 is 9.00 Å². The molecule has 2 aromatic rings. The van der Waals surface area contributed by atoms with Gasteiger partial charge < -0.3 is 11.1 Å². The topological polar surface area (TPSA) is 72.2 Å². The van der Waals surface area contributed by atoms with Gasteiger partial charge in [0, 0.05) is 17.1 Å². The minimum Gasteiger partial charge on any atom is -0.326 e. The monoisotopic (exact) mass is 302 g/mol. The zero-order valence-electron chi connectivity index (χ0n) is 11.8. The Morgan fingerprint density at radius 3 is 2.33 bits per heavy atom. The summed E-state index contributed by atoms with van der Waals surface area (Å²) in [6, 6.07) is 16.3. The number of hydrogen-bond donors (Lipinski definition) is 2. The zero-order valence-corrected chi connectivity index (χ0v) is 12.6. The van der Waals surface area contributed by atoms with E-state index >= 15 is 0 Å². The Balaban J connectivity index is 2.03. The van der Waals surface area contributed by atoms with E-state index < -0.39 is 16.0 Å². The van der Waals surface area contributed by atoms with Crippen molar-refractivity contribution in [1.82, 2.24) is 0 Å². The van der Waals surface area contributed by atoms with E-state index in [2.05, 4.69) is 5.32 Å². The SMILES string of the molecule is CC(C(=O)Nc1ccc(CN)cc1)S(=O)c1ccccc1. The van der Waals surface area contributed by atoms with Crippen LogP contribution in [0, 0.1) is 0 Å². The molecular formula is C16H18N2O2S. The summed E-state index contributed by atoms with van der Waals surface area (Å²) in [5.41, 5.74) is 7.20. The van der Waals surface area contributed by atoms with Crippen LogP contribution in [-0.4, -0.2) is 15.4 Å². The molecule has 0 saturated heterocycles. The quantitative estimate of drug-likeness (QED) is 0.890. The molecular weight excluding hydrogens is 284 g/mol. The molecule has 110 valence electrons. The molecule has 0 aromatic heterocycles. The second-order valence-corrected chi connectivity index (χ2v) is 6.42. The van der Waals surface area contributed by atoms with Crippen molar-refractivity contribution in [2.24, 2.45) is 5.73 Å². The molecule has 5 heteroatoms. The van der Waals surface area contributed by atoms with Crippen molar-refractivity contribution in [3.8, 4) is 0 Å². The Kier molecular flexibility index (Phi) is 5.25. The van der Waals surface area contributed by atoms with Crippen LogP contribution in [0.1, 0.15) is 12.5 Å². The van der Waals surface area contributed by atoms with Crippen LogP contribution in [0.25, 0.3) is 0 Å². The van der Waals surface area contributed by atoms with Gasteiger partial charge in [-0.3, -0.25) is 9.00 Å². The van der Waals surface area contributed by atoms with Gasteiger partial charge in [0.2, 0.25) is 5.91 Å². The van der Waals surface area contributed by atoms with Crippen LogP contribution in [0.4, 0.5) is 5.69 Å². The first-order chi connectivity index (χ1) is 10.1. The predicted molar refractivity (Wildman–Crippen MR) is 85.3 cm³/mol. The van der Waals surface area contributed by atoms with Crippen LogP contribution in [0.2, 0.25) is 0 Å². The van der Waals surface area contributed by atoms with Crippen LogP contribution in [0.5, 0.6) is 0 Å². The number of hydrogen-bond acceptors (Lipinski definition) is 3. The zero-order chi connectivity index (χ0) is 15.2. The normalized spacial score (nSPS) is 13.4. The molecule has 4 nitrogen and oxygen atoms in total. The Morgan fingerprint density at radius 2 is 1.76 bits per heavy atom. The van der Waals surface area contributed by atoms with E-state index in [0.29, 0.717) is 17.1 Å². The van der Waals surface area contributed by atoms with Gasteiger partial charge in [-0.15, -0.1) is 0 Å². The lowest BCUT2D eigenvalue weighted by Gasteiger charge is -2.12. The molecule has 2 atom stereocenters. The van der Waals surface area contributed by atoms with E-state index in [-0.39, 0.29) is 5.91 Å². The lowest BCUT2D eigenvalue weighted by atomic mass is 10.2. The second-order valence-electron chi connectivity index (χ2n) is 4.64. The minimum absolute atomic E-state index is 0.266. The van der Waals surface area contributed by atoms with Gasteiger partial charge in [-0.2, -0.15) is 0 Å². The summed E-state index contributed by atoms with van der Waals surface area (Å²) in [5.74, 6) is -0.266. The molecule has 1 amide bonds. The van der Waals surface area contributed by atoms with Crippen LogP contribution >= 0.6 is 0 Å². The Hall–Kier alpha value is -1.98. The van der Waals surface area contributed by atoms with E-state index in [1.807, 2.05) is 30.3 Å². The van der Waals surface area contributed by atoms with E-state index in [1.165, 1.54) is 0 Å². The maximum atomic E-state index is 12.3. The molecule has 2 aromatic carbocycles. The molecule has 0 aliphatic rings. The number of carbonyl (C=O) groups is 1. The molecule has 0 saturated carbocycles. The van der Waals surface area contributed by atoms with Crippen molar-refractivity contribution in [1.29, 1.82) is 0 Å². The number of nitrogens with two attached hydrogens (primary N) is 1. The highest BCUT2D eigenvalue weighted by Crippen LogP contribution is 2.14. The fourth-order valence-electron chi connectivity index (χ4n) is 1.82. The largest absolute Gasteiger partial charge is 0.326 e. The third kappa shape index (κ3) is 4.00. The summed E-state index contributed by atoms with van der Waals surface area (Å²) in [6.45, 7) is 2.12. The Bertz CT molecular complexity index is 626. The fraction of sp³-hybridized carbons (Fsp3) is 0.188. The summed E-state index contributed by atoms with van der Waals surface area (Å²) < 4.78 is 12.3. The molecule has 3 N–H and O–H groups in total. The van der Waals surface area contributed by atoms with E-state index in [1.54, 1.807) is 31.2 Å². The molecule has 21 heavy (non-hydrogen) atoms. The predicted octanol–water partition coefficient (Wildman–Crippen LogP) is 2.28. The van der Waals surface area contributed by atoms with Gasteiger partial charge in [-0.25, -0.2) is 0 Å². The average Bonchev–Trinajstić information content (AvgIpc) is 2.55. The van der Waals surface area contributed by atoms with Gasteiger partial charge in [0.25, 0.3) is 0 Å². The maximum Gasteiger partial charge on any atom is 0.240 e. The third-order valence-electron chi connectivity index (χ3n) is 3.12. The van der Waals surface area contributed by atoms with E-state index in [0.717, 1.165) is 5.56 Å². The van der Waals surface area contributed by atoms with Crippen molar-refractivity contribution in [3.05, 3.63) is 60.2 Å². The average molecular weight is 302 g/mol. The fourth-order valence-corrected chi connectivity index (χ4v) is 2.91. The van der Waals surface area contributed by atoms with E-state index in [9.17, 15) is 9.00 Å².